The fourth-order valence-electron chi connectivity index (χ4n) is 15.9. The molecule has 2 N–H and O–H groups in total. The maximum absolute atomic E-state index is 4.20. The Kier molecular flexibility index (Phi) is 12.6. The molecule has 59 heavy (non-hydrogen) atoms. The molecule has 8 aliphatic carbocycles. The molecule has 0 amide bonds. The van der Waals surface area contributed by atoms with Gasteiger partial charge in [0.1, 0.15) is 0 Å². The quantitative estimate of drug-likeness (QED) is 0.0995. The Hall–Kier alpha value is -1.56. The van der Waals surface area contributed by atoms with E-state index in [0.717, 1.165) is 71.8 Å². The summed E-state index contributed by atoms with van der Waals surface area (Å²) in [5.74, 6) is 8.28. The third kappa shape index (κ3) is 7.91. The van der Waals surface area contributed by atoms with Crippen LogP contribution < -0.4 is 10.6 Å². The Labute approximate surface area is 371 Å². The van der Waals surface area contributed by atoms with Crippen LogP contribution in [0.15, 0.2) is 97.1 Å². The Morgan fingerprint density at radius 3 is 1.41 bits per heavy atom. The second-order valence-corrected chi connectivity index (χ2v) is 24.5. The van der Waals surface area contributed by atoms with Crippen LogP contribution in [0.4, 0.5) is 0 Å². The Bertz CT molecular complexity index is 1810. The molecule has 2 saturated heterocycles. The summed E-state index contributed by atoms with van der Waals surface area (Å²) in [4.78, 5) is 0. The molecule has 5 heteroatoms. The summed E-state index contributed by atoms with van der Waals surface area (Å²) in [5, 5.41) is 8.37. The Morgan fingerprint density at radius 2 is 1.00 bits per heavy atom. The molecule has 2 heterocycles. The van der Waals surface area contributed by atoms with Crippen molar-refractivity contribution in [3.05, 3.63) is 108 Å². The van der Waals surface area contributed by atoms with Crippen molar-refractivity contribution in [3.63, 3.8) is 0 Å². The second kappa shape index (κ2) is 17.9. The molecule has 10 aliphatic rings. The molecule has 320 valence electrons. The maximum atomic E-state index is 4.20. The summed E-state index contributed by atoms with van der Waals surface area (Å²) in [7, 11) is 3.53. The molecular formula is C54H70FeN2P2-6. The van der Waals surface area contributed by atoms with E-state index in [-0.39, 0.29) is 30.1 Å². The zero-order chi connectivity index (χ0) is 38.6. The number of rotatable bonds is 9. The van der Waals surface area contributed by atoms with Gasteiger partial charge in [-0.25, -0.2) is 0 Å². The fourth-order valence-corrected chi connectivity index (χ4v) is 21.3. The average molecular weight is 865 g/mol. The molecule has 4 aromatic carbocycles. The minimum Gasteiger partial charge on any atom is -0.748 e. The number of hydrogen-bond acceptors (Lipinski definition) is 2. The van der Waals surface area contributed by atoms with Crippen molar-refractivity contribution < 1.29 is 17.1 Å². The molecule has 3 atom stereocenters. The number of nitrogens with one attached hydrogen (secondary N) is 2. The van der Waals surface area contributed by atoms with Gasteiger partial charge in [0.25, 0.3) is 0 Å². The predicted octanol–water partition coefficient (Wildman–Crippen LogP) is 13.1. The van der Waals surface area contributed by atoms with E-state index in [1.54, 1.807) is 80.9 Å². The summed E-state index contributed by atoms with van der Waals surface area (Å²) >= 11 is 0. The molecular weight excluding hydrogens is 794 g/mol. The van der Waals surface area contributed by atoms with Gasteiger partial charge in [-0.15, -0.1) is 14.8 Å². The molecule has 8 bridgehead atoms. The van der Waals surface area contributed by atoms with Crippen LogP contribution >= 0.6 is 17.2 Å². The van der Waals surface area contributed by atoms with Crippen LogP contribution in [-0.4, -0.2) is 36.5 Å². The summed E-state index contributed by atoms with van der Waals surface area (Å²) < 4.78 is 0. The largest absolute Gasteiger partial charge is 0.748 e. The van der Waals surface area contributed by atoms with Crippen molar-refractivity contribution in [3.8, 4) is 22.3 Å². The minimum atomic E-state index is -0.147. The Balaban J connectivity index is 0.000000655. The van der Waals surface area contributed by atoms with Crippen molar-refractivity contribution in [2.75, 3.05) is 13.1 Å². The van der Waals surface area contributed by atoms with Crippen LogP contribution in [0.3, 0.4) is 0 Å². The van der Waals surface area contributed by atoms with Gasteiger partial charge in [0.2, 0.25) is 0 Å². The number of hydrogen-bond donors (Lipinski definition) is 2. The van der Waals surface area contributed by atoms with Crippen LogP contribution in [0, 0.1) is 47.3 Å². The standard InChI is InChI=1S/C49H65N2P2.C5H5.Fe/c52-49(44-15-7-9-17-50-44,45-16-8-10-18-51-45)43-29-41(35-11-3-1-4-12-35)46(36-13-5-2-6-14-36)42(43)30-53(47-37-21-31-19-32(23-37)24-38(47)22-31)48-39-25-33-20-34(27-39)28-40(48)26-33;1-2-4-5-3-1;/h1-6,11-14,29,31-34,37-40,44-45,47-48,50-51H,7-10,15-28,30,52H2;1-5H;/q-1;-5;. The zero-order valence-corrected chi connectivity index (χ0v) is 38.6. The normalized spacial score (nSPS) is 36.9. The van der Waals surface area contributed by atoms with Crippen LogP contribution in [0.2, 0.25) is 0 Å². The van der Waals surface area contributed by atoms with Crippen LogP contribution in [0.5, 0.6) is 0 Å². The van der Waals surface area contributed by atoms with E-state index < -0.39 is 0 Å². The molecule has 14 rings (SSSR count). The van der Waals surface area contributed by atoms with E-state index in [1.807, 2.05) is 30.3 Å². The summed E-state index contributed by atoms with van der Waals surface area (Å²) in [6.45, 7) is 2.32. The van der Waals surface area contributed by atoms with E-state index in [4.69, 9.17) is 0 Å². The summed E-state index contributed by atoms with van der Waals surface area (Å²) in [5.41, 5.74) is 11.5. The van der Waals surface area contributed by atoms with Gasteiger partial charge in [-0.2, -0.15) is 22.8 Å². The average Bonchev–Trinajstić information content (AvgIpc) is 3.97. The first-order chi connectivity index (χ1) is 28.6. The van der Waals surface area contributed by atoms with Crippen LogP contribution in [0.1, 0.15) is 114 Å². The van der Waals surface area contributed by atoms with Crippen molar-refractivity contribution in [2.45, 2.75) is 137 Å². The van der Waals surface area contributed by atoms with E-state index >= 15 is 0 Å². The third-order valence-electron chi connectivity index (χ3n) is 17.6. The minimum absolute atomic E-state index is 0. The topological polar surface area (TPSA) is 24.1 Å². The van der Waals surface area contributed by atoms with E-state index in [2.05, 4.69) is 86.6 Å². The van der Waals surface area contributed by atoms with Gasteiger partial charge < -0.3 is 41.0 Å². The molecule has 0 aromatic heterocycles. The van der Waals surface area contributed by atoms with E-state index in [9.17, 15) is 0 Å². The summed E-state index contributed by atoms with van der Waals surface area (Å²) in [6.07, 6.45) is 25.0. The number of benzene rings is 2. The van der Waals surface area contributed by atoms with Gasteiger partial charge in [0.15, 0.2) is 0 Å². The van der Waals surface area contributed by atoms with Crippen molar-refractivity contribution in [1.82, 2.24) is 10.6 Å². The van der Waals surface area contributed by atoms with E-state index in [1.165, 1.54) is 61.4 Å². The first-order valence-corrected chi connectivity index (χ1v) is 26.5. The molecule has 8 saturated carbocycles. The zero-order valence-electron chi connectivity index (χ0n) is 35.5. The van der Waals surface area contributed by atoms with Crippen molar-refractivity contribution >= 4 is 17.2 Å². The van der Waals surface area contributed by atoms with Crippen LogP contribution in [0.25, 0.3) is 22.3 Å². The molecule has 2 aliphatic heterocycles. The molecule has 2 nitrogen and oxygen atoms in total. The summed E-state index contributed by atoms with van der Waals surface area (Å²) in [6, 6.07) is 37.2. The molecule has 0 radical (unpaired) electrons. The van der Waals surface area contributed by atoms with Gasteiger partial charge in [0.05, 0.1) is 0 Å². The van der Waals surface area contributed by atoms with E-state index in [0.29, 0.717) is 12.1 Å². The predicted molar refractivity (Wildman–Crippen MR) is 250 cm³/mol. The van der Waals surface area contributed by atoms with Gasteiger partial charge >= 0.3 is 0 Å². The van der Waals surface area contributed by atoms with Gasteiger partial charge in [0, 0.05) is 29.2 Å². The van der Waals surface area contributed by atoms with Gasteiger partial charge in [-0.3, -0.25) is 0 Å². The van der Waals surface area contributed by atoms with Gasteiger partial charge in [-0.1, -0.05) is 92.6 Å². The monoisotopic (exact) mass is 864 g/mol. The SMILES string of the molecule is PC([c-]1cc(-c2ccccc2)c(-c2ccccc2)c1CP(C1C2CC3CC(C2)CC1C3)C1C2CC3CC(C2)CC1C3)(C1CCCCN1)C1CCCCN1.[Fe].[cH-]1[cH-][cH-][cH-][cH-]1. The molecule has 10 fully saturated rings. The van der Waals surface area contributed by atoms with Crippen molar-refractivity contribution in [2.24, 2.45) is 47.3 Å². The second-order valence-electron chi connectivity index (χ2n) is 21.0. The third-order valence-corrected chi connectivity index (χ3v) is 22.6. The van der Waals surface area contributed by atoms with Gasteiger partial charge in [-0.05, 0) is 173 Å². The fraction of sp³-hybridized carbons (Fsp3) is 0.593. The maximum Gasteiger partial charge on any atom is 0.0108 e. The Morgan fingerprint density at radius 1 is 0.576 bits per heavy atom. The van der Waals surface area contributed by atoms with Crippen LogP contribution in [-0.2, 0) is 28.4 Å². The van der Waals surface area contributed by atoms with Crippen molar-refractivity contribution in [1.29, 1.82) is 0 Å². The first kappa shape index (κ1) is 41.4. The molecule has 3 unspecified atom stereocenters. The first-order valence-electron chi connectivity index (χ1n) is 24.2. The molecule has 0 spiro atoms. The smallest absolute Gasteiger partial charge is 0.0108 e. The number of piperidine rings is 2. The molecule has 4 aromatic rings.